The predicted octanol–water partition coefficient (Wildman–Crippen LogP) is 4.29. The molecule has 2 amide bonds. The molecule has 0 aliphatic carbocycles. The third kappa shape index (κ3) is 3.68. The van der Waals surface area contributed by atoms with E-state index in [9.17, 15) is 18.4 Å². The zero-order chi connectivity index (χ0) is 23.3. The lowest BCUT2D eigenvalue weighted by molar-refractivity contribution is -0.142. The molecular formula is C25H21ClF2N2O3. The fourth-order valence-electron chi connectivity index (χ4n) is 5.16. The van der Waals surface area contributed by atoms with Crippen molar-refractivity contribution in [1.82, 2.24) is 9.80 Å². The molecule has 3 aliphatic heterocycles. The first-order chi connectivity index (χ1) is 15.8. The summed E-state index contributed by atoms with van der Waals surface area (Å²) in [6.07, 6.45) is 6.80. The summed E-state index contributed by atoms with van der Waals surface area (Å²) in [5.41, 5.74) is 0.358. The number of piperidine rings is 1. The van der Waals surface area contributed by atoms with E-state index in [1.807, 2.05) is 0 Å². The SMILES string of the molecule is C#Cc1ccc(C(=O)N2CCC3(CC2)O[C@@H]2CC[C@@H](c4cc(F)cc(F)c4)N2C3=O)c(Cl)c1. The topological polar surface area (TPSA) is 49.9 Å². The summed E-state index contributed by atoms with van der Waals surface area (Å²) >= 11 is 6.25. The van der Waals surface area contributed by atoms with Gasteiger partial charge >= 0.3 is 0 Å². The van der Waals surface area contributed by atoms with Gasteiger partial charge < -0.3 is 14.5 Å². The highest BCUT2D eigenvalue weighted by atomic mass is 35.5. The first-order valence-corrected chi connectivity index (χ1v) is 11.2. The maximum absolute atomic E-state index is 13.8. The maximum Gasteiger partial charge on any atom is 0.257 e. The van der Waals surface area contributed by atoms with Crippen LogP contribution in [0.3, 0.4) is 0 Å². The van der Waals surface area contributed by atoms with Gasteiger partial charge in [-0.15, -0.1) is 6.42 Å². The Morgan fingerprint density at radius 3 is 2.45 bits per heavy atom. The highest BCUT2D eigenvalue weighted by Gasteiger charge is 2.58. The average Bonchev–Trinajstić information content (AvgIpc) is 3.31. The van der Waals surface area contributed by atoms with E-state index in [4.69, 9.17) is 22.8 Å². The summed E-state index contributed by atoms with van der Waals surface area (Å²) < 4.78 is 33.8. The van der Waals surface area contributed by atoms with Gasteiger partial charge in [0.2, 0.25) is 0 Å². The number of carbonyl (C=O) groups excluding carboxylic acids is 2. The summed E-state index contributed by atoms with van der Waals surface area (Å²) in [5, 5.41) is 0.287. The Balaban J connectivity index is 1.31. The Morgan fingerprint density at radius 1 is 1.12 bits per heavy atom. The quantitative estimate of drug-likeness (QED) is 0.615. The fraction of sp³-hybridized carbons (Fsp3) is 0.360. The van der Waals surface area contributed by atoms with Crippen LogP contribution in [0.1, 0.15) is 53.2 Å². The Labute approximate surface area is 195 Å². The van der Waals surface area contributed by atoms with Crippen molar-refractivity contribution < 1.29 is 23.1 Å². The minimum atomic E-state index is -1.02. The number of halogens is 3. The highest BCUT2D eigenvalue weighted by Crippen LogP contribution is 2.47. The molecule has 1 spiro atoms. The lowest BCUT2D eigenvalue weighted by Gasteiger charge is -2.37. The van der Waals surface area contributed by atoms with Gasteiger partial charge in [-0.2, -0.15) is 0 Å². The van der Waals surface area contributed by atoms with Crippen LogP contribution in [0.25, 0.3) is 0 Å². The predicted molar refractivity (Wildman–Crippen MR) is 117 cm³/mol. The van der Waals surface area contributed by atoms with Gasteiger partial charge in [-0.3, -0.25) is 9.59 Å². The van der Waals surface area contributed by atoms with Crippen LogP contribution in [0, 0.1) is 24.0 Å². The van der Waals surface area contributed by atoms with Crippen molar-refractivity contribution in [2.45, 2.75) is 43.6 Å². The molecule has 0 unspecified atom stereocenters. The lowest BCUT2D eigenvalue weighted by atomic mass is 9.89. The zero-order valence-corrected chi connectivity index (χ0v) is 18.4. The summed E-state index contributed by atoms with van der Waals surface area (Å²) in [4.78, 5) is 29.7. The number of terminal acetylenes is 1. The van der Waals surface area contributed by atoms with Gasteiger partial charge in [0.1, 0.15) is 17.9 Å². The number of hydrogen-bond acceptors (Lipinski definition) is 3. The van der Waals surface area contributed by atoms with Gasteiger partial charge in [0.15, 0.2) is 5.60 Å². The summed E-state index contributed by atoms with van der Waals surface area (Å²) in [6.45, 7) is 0.662. The largest absolute Gasteiger partial charge is 0.342 e. The third-order valence-corrected chi connectivity index (χ3v) is 7.13. The van der Waals surface area contributed by atoms with Crippen molar-refractivity contribution in [3.8, 4) is 12.3 Å². The molecule has 0 N–H and O–H groups in total. The second-order valence-electron chi connectivity index (χ2n) is 8.71. The summed E-state index contributed by atoms with van der Waals surface area (Å²) in [6, 6.07) is 7.78. The normalized spacial score (nSPS) is 23.6. The molecule has 3 heterocycles. The van der Waals surface area contributed by atoms with Crippen molar-refractivity contribution in [2.24, 2.45) is 0 Å². The van der Waals surface area contributed by atoms with Crippen molar-refractivity contribution in [1.29, 1.82) is 0 Å². The van der Waals surface area contributed by atoms with Gasteiger partial charge in [-0.1, -0.05) is 17.5 Å². The zero-order valence-electron chi connectivity index (χ0n) is 17.7. The Kier molecular flexibility index (Phi) is 5.38. The number of rotatable bonds is 2. The number of carbonyl (C=O) groups is 2. The van der Waals surface area contributed by atoms with Crippen LogP contribution in [0.4, 0.5) is 8.78 Å². The van der Waals surface area contributed by atoms with Gasteiger partial charge in [0.05, 0.1) is 16.6 Å². The third-order valence-electron chi connectivity index (χ3n) is 6.81. The van der Waals surface area contributed by atoms with Crippen LogP contribution < -0.4 is 0 Å². The van der Waals surface area contributed by atoms with E-state index in [1.54, 1.807) is 28.0 Å². The van der Waals surface area contributed by atoms with Crippen molar-refractivity contribution in [3.05, 3.63) is 69.7 Å². The van der Waals surface area contributed by atoms with Crippen molar-refractivity contribution in [2.75, 3.05) is 13.1 Å². The molecule has 5 nitrogen and oxygen atoms in total. The average molecular weight is 471 g/mol. The molecule has 0 aromatic heterocycles. The van der Waals surface area contributed by atoms with Crippen molar-refractivity contribution >= 4 is 23.4 Å². The molecule has 3 saturated heterocycles. The lowest BCUT2D eigenvalue weighted by Crippen LogP contribution is -2.51. The maximum atomic E-state index is 13.8. The molecule has 0 radical (unpaired) electrons. The molecule has 5 rings (SSSR count). The molecule has 33 heavy (non-hydrogen) atoms. The first kappa shape index (κ1) is 21.9. The van der Waals surface area contributed by atoms with E-state index in [-0.39, 0.29) is 16.8 Å². The molecule has 170 valence electrons. The molecule has 2 aromatic rings. The number of ether oxygens (including phenoxy) is 1. The van der Waals surface area contributed by atoms with E-state index < -0.39 is 29.5 Å². The smallest absolute Gasteiger partial charge is 0.257 e. The van der Waals surface area contributed by atoms with Crippen LogP contribution in [0.2, 0.25) is 5.02 Å². The number of nitrogens with zero attached hydrogens (tertiary/aromatic N) is 2. The minimum absolute atomic E-state index is 0.178. The Morgan fingerprint density at radius 2 is 1.82 bits per heavy atom. The minimum Gasteiger partial charge on any atom is -0.342 e. The van der Waals surface area contributed by atoms with E-state index >= 15 is 0 Å². The van der Waals surface area contributed by atoms with Gasteiger partial charge in [0, 0.05) is 37.6 Å². The van der Waals surface area contributed by atoms with Crippen molar-refractivity contribution in [3.63, 3.8) is 0 Å². The van der Waals surface area contributed by atoms with E-state index in [1.165, 1.54) is 12.1 Å². The fourth-order valence-corrected chi connectivity index (χ4v) is 5.42. The molecule has 3 fully saturated rings. The van der Waals surface area contributed by atoms with E-state index in [2.05, 4.69) is 5.92 Å². The van der Waals surface area contributed by atoms with Crippen LogP contribution in [-0.4, -0.2) is 46.5 Å². The van der Waals surface area contributed by atoms with Gasteiger partial charge in [0.25, 0.3) is 11.8 Å². The molecule has 8 heteroatoms. The van der Waals surface area contributed by atoms with Gasteiger partial charge in [-0.05, 0) is 48.7 Å². The molecule has 3 aliphatic rings. The highest BCUT2D eigenvalue weighted by molar-refractivity contribution is 6.34. The van der Waals surface area contributed by atoms with Crippen LogP contribution in [0.5, 0.6) is 0 Å². The monoisotopic (exact) mass is 470 g/mol. The number of hydrogen-bond donors (Lipinski definition) is 0. The van der Waals surface area contributed by atoms with E-state index in [0.29, 0.717) is 55.5 Å². The number of likely N-dealkylation sites (tertiary alicyclic amines) is 1. The molecule has 0 saturated carbocycles. The number of fused-ring (bicyclic) bond motifs is 1. The summed E-state index contributed by atoms with van der Waals surface area (Å²) in [5.74, 6) is 0.740. The van der Waals surface area contributed by atoms with Crippen LogP contribution in [0.15, 0.2) is 36.4 Å². The van der Waals surface area contributed by atoms with Gasteiger partial charge in [-0.25, -0.2) is 8.78 Å². The summed E-state index contributed by atoms with van der Waals surface area (Å²) in [7, 11) is 0. The van der Waals surface area contributed by atoms with Crippen LogP contribution in [-0.2, 0) is 9.53 Å². The Bertz CT molecular complexity index is 1170. The molecular weight excluding hydrogens is 450 g/mol. The molecule has 0 bridgehead atoms. The second kappa shape index (κ2) is 8.12. The first-order valence-electron chi connectivity index (χ1n) is 10.8. The second-order valence-corrected chi connectivity index (χ2v) is 9.11. The number of amides is 2. The van der Waals surface area contributed by atoms with Crippen LogP contribution >= 0.6 is 11.6 Å². The standard InChI is InChI=1S/C25H21ClF2N2O3/c1-2-15-3-4-19(20(26)11-15)23(31)29-9-7-25(8-10-29)24(32)30-21(5-6-22(30)33-25)16-12-17(27)14-18(28)13-16/h1,3-4,11-14,21-22H,5-10H2/t21-,22+/m0/s1. The molecule has 2 atom stereocenters. The van der Waals surface area contributed by atoms with E-state index in [0.717, 1.165) is 6.07 Å². The Hall–Kier alpha value is -2.95. The number of benzene rings is 2. The molecule has 2 aromatic carbocycles.